The maximum atomic E-state index is 11.6. The average molecular weight is 361 g/mol. The first-order valence-corrected chi connectivity index (χ1v) is 8.63. The molecule has 0 aromatic carbocycles. The number of nitrogens with zero attached hydrogens (tertiary/aromatic N) is 3. The number of carbonyl (C=O) groups excluding carboxylic acids is 1. The summed E-state index contributed by atoms with van der Waals surface area (Å²) >= 11 is 0.986. The highest BCUT2D eigenvalue weighted by Gasteiger charge is 2.24. The monoisotopic (exact) mass is 361 g/mol. The van der Waals surface area contributed by atoms with Gasteiger partial charge in [0.2, 0.25) is 5.88 Å². The van der Waals surface area contributed by atoms with Gasteiger partial charge in [-0.15, -0.1) is 4.37 Å². The van der Waals surface area contributed by atoms with Crippen LogP contribution in [0.3, 0.4) is 0 Å². The molecule has 0 radical (unpaired) electrons. The zero-order chi connectivity index (χ0) is 18.3. The van der Waals surface area contributed by atoms with Gasteiger partial charge in [0, 0.05) is 11.5 Å². The van der Waals surface area contributed by atoms with E-state index in [2.05, 4.69) is 8.75 Å². The summed E-state index contributed by atoms with van der Waals surface area (Å²) in [5.74, 6) is -0.194. The summed E-state index contributed by atoms with van der Waals surface area (Å²) < 4.78 is 18.7. The summed E-state index contributed by atoms with van der Waals surface area (Å²) in [6.07, 6.45) is -0.698. The van der Waals surface area contributed by atoms with Gasteiger partial charge in [0.15, 0.2) is 0 Å². The van der Waals surface area contributed by atoms with Crippen molar-refractivity contribution in [1.29, 1.82) is 0 Å². The molecular weight excluding hydrogens is 334 g/mol. The van der Waals surface area contributed by atoms with Gasteiger partial charge < -0.3 is 19.8 Å². The Morgan fingerprint density at radius 1 is 1.38 bits per heavy atom. The van der Waals surface area contributed by atoms with Crippen molar-refractivity contribution in [3.63, 3.8) is 0 Å². The van der Waals surface area contributed by atoms with Crippen molar-refractivity contribution < 1.29 is 24.6 Å². The lowest BCUT2D eigenvalue weighted by molar-refractivity contribution is -0.174. The highest BCUT2D eigenvalue weighted by atomic mass is 32.1. The van der Waals surface area contributed by atoms with Crippen LogP contribution in [0.1, 0.15) is 52.7 Å². The SMILES string of the molecule is CCOC(=O)CC(C)c1nsnc1OCC(O)CN(O)C(C)(C)C. The van der Waals surface area contributed by atoms with Gasteiger partial charge in [-0.2, -0.15) is 9.44 Å². The van der Waals surface area contributed by atoms with Gasteiger partial charge in [0.1, 0.15) is 18.4 Å². The minimum Gasteiger partial charge on any atom is -0.473 e. The maximum absolute atomic E-state index is 11.6. The van der Waals surface area contributed by atoms with Crippen LogP contribution in [0.25, 0.3) is 0 Å². The Balaban J connectivity index is 2.55. The summed E-state index contributed by atoms with van der Waals surface area (Å²) in [7, 11) is 0. The standard InChI is InChI=1S/C15H27N3O5S/c1-6-22-12(20)7-10(2)13-14(17-24-16-13)23-9-11(19)8-18(21)15(3,4)5/h10-11,19,21H,6-9H2,1-5H3. The van der Waals surface area contributed by atoms with E-state index in [1.165, 1.54) is 0 Å². The molecule has 138 valence electrons. The normalized spacial score (nSPS) is 14.5. The van der Waals surface area contributed by atoms with Crippen molar-refractivity contribution in [2.24, 2.45) is 0 Å². The average Bonchev–Trinajstić information content (AvgIpc) is 2.92. The Morgan fingerprint density at radius 3 is 2.62 bits per heavy atom. The molecule has 2 N–H and O–H groups in total. The van der Waals surface area contributed by atoms with Crippen molar-refractivity contribution in [2.45, 2.75) is 58.6 Å². The molecule has 0 bridgehead atoms. The maximum Gasteiger partial charge on any atom is 0.306 e. The highest BCUT2D eigenvalue weighted by molar-refractivity contribution is 6.99. The van der Waals surface area contributed by atoms with Gasteiger partial charge in [0.25, 0.3) is 0 Å². The molecule has 0 aliphatic carbocycles. The highest BCUT2D eigenvalue weighted by Crippen LogP contribution is 2.27. The Morgan fingerprint density at radius 2 is 2.04 bits per heavy atom. The Kier molecular flexibility index (Phi) is 8.01. The topological polar surface area (TPSA) is 105 Å². The number of aromatic nitrogens is 2. The van der Waals surface area contributed by atoms with Crippen molar-refractivity contribution in [3.05, 3.63) is 5.69 Å². The van der Waals surface area contributed by atoms with E-state index < -0.39 is 11.6 Å². The summed E-state index contributed by atoms with van der Waals surface area (Å²) in [4.78, 5) is 11.6. The van der Waals surface area contributed by atoms with Crippen molar-refractivity contribution in [1.82, 2.24) is 13.8 Å². The number of aliphatic hydroxyl groups excluding tert-OH is 1. The minimum absolute atomic E-state index is 0.0301. The van der Waals surface area contributed by atoms with Gasteiger partial charge in [-0.1, -0.05) is 6.92 Å². The number of rotatable bonds is 9. The Labute approximate surface area is 146 Å². The van der Waals surface area contributed by atoms with Gasteiger partial charge in [-0.25, -0.2) is 0 Å². The third-order valence-corrected chi connectivity index (χ3v) is 3.82. The first-order valence-electron chi connectivity index (χ1n) is 7.90. The van der Waals surface area contributed by atoms with E-state index in [0.717, 1.165) is 16.8 Å². The second-order valence-electron chi connectivity index (χ2n) is 6.58. The van der Waals surface area contributed by atoms with Gasteiger partial charge in [0.05, 0.1) is 31.3 Å². The molecule has 9 heteroatoms. The van der Waals surface area contributed by atoms with E-state index in [9.17, 15) is 15.1 Å². The van der Waals surface area contributed by atoms with Crippen LogP contribution in [0.5, 0.6) is 5.88 Å². The molecule has 0 saturated heterocycles. The third-order valence-electron chi connectivity index (χ3n) is 3.30. The van der Waals surface area contributed by atoms with Crippen LogP contribution in [0, 0.1) is 0 Å². The lowest BCUT2D eigenvalue weighted by Crippen LogP contribution is -2.44. The van der Waals surface area contributed by atoms with Gasteiger partial charge in [-0.05, 0) is 27.7 Å². The number of aliphatic hydroxyl groups is 1. The van der Waals surface area contributed by atoms with E-state index >= 15 is 0 Å². The molecule has 2 unspecified atom stereocenters. The van der Waals surface area contributed by atoms with E-state index in [1.807, 2.05) is 27.7 Å². The molecule has 8 nitrogen and oxygen atoms in total. The summed E-state index contributed by atoms with van der Waals surface area (Å²) in [6, 6.07) is 0. The van der Waals surface area contributed by atoms with Gasteiger partial charge in [-0.3, -0.25) is 4.79 Å². The molecule has 1 heterocycles. The molecule has 24 heavy (non-hydrogen) atoms. The number of β-amino-alcohol motifs (C(OH)–C–C–N with tert-alkyl or cyclic N) is 1. The predicted octanol–water partition coefficient (Wildman–Crippen LogP) is 1.82. The summed E-state index contributed by atoms with van der Waals surface area (Å²) in [5, 5.41) is 20.9. The number of hydroxylamine groups is 2. The zero-order valence-corrected chi connectivity index (χ0v) is 15.7. The second kappa shape index (κ2) is 9.26. The number of hydrogen-bond acceptors (Lipinski definition) is 9. The number of hydrogen-bond donors (Lipinski definition) is 2. The van der Waals surface area contributed by atoms with Crippen LogP contribution in [-0.4, -0.2) is 61.5 Å². The molecule has 0 aliphatic heterocycles. The third kappa shape index (κ3) is 6.68. The van der Waals surface area contributed by atoms with Crippen LogP contribution in [0.2, 0.25) is 0 Å². The molecule has 0 amide bonds. The Hall–Kier alpha value is -1.29. The van der Waals surface area contributed by atoms with Gasteiger partial charge >= 0.3 is 5.97 Å². The van der Waals surface area contributed by atoms with E-state index in [0.29, 0.717) is 18.2 Å². The molecule has 2 atom stereocenters. The van der Waals surface area contributed by atoms with E-state index in [4.69, 9.17) is 9.47 Å². The number of carbonyl (C=O) groups is 1. The molecule has 1 aromatic heterocycles. The molecule has 0 fully saturated rings. The van der Waals surface area contributed by atoms with Crippen molar-refractivity contribution in [3.8, 4) is 5.88 Å². The van der Waals surface area contributed by atoms with E-state index in [1.54, 1.807) is 6.92 Å². The van der Waals surface area contributed by atoms with Crippen LogP contribution < -0.4 is 4.74 Å². The predicted molar refractivity (Wildman–Crippen MR) is 89.3 cm³/mol. The quantitative estimate of drug-likeness (QED) is 0.507. The number of ether oxygens (including phenoxy) is 2. The largest absolute Gasteiger partial charge is 0.473 e. The fourth-order valence-electron chi connectivity index (χ4n) is 1.86. The van der Waals surface area contributed by atoms with E-state index in [-0.39, 0.29) is 31.5 Å². The molecule has 0 aliphatic rings. The molecular formula is C15H27N3O5S. The van der Waals surface area contributed by atoms with Crippen LogP contribution in [-0.2, 0) is 9.53 Å². The second-order valence-corrected chi connectivity index (χ2v) is 7.11. The fraction of sp³-hybridized carbons (Fsp3) is 0.800. The summed E-state index contributed by atoms with van der Waals surface area (Å²) in [5.41, 5.74) is 0.0968. The number of esters is 1. The van der Waals surface area contributed by atoms with Crippen LogP contribution >= 0.6 is 11.7 Å². The first-order chi connectivity index (χ1) is 11.1. The lowest BCUT2D eigenvalue weighted by atomic mass is 10.0. The van der Waals surface area contributed by atoms with Crippen molar-refractivity contribution >= 4 is 17.7 Å². The van der Waals surface area contributed by atoms with Crippen molar-refractivity contribution in [2.75, 3.05) is 19.8 Å². The van der Waals surface area contributed by atoms with Crippen LogP contribution in [0.4, 0.5) is 0 Å². The first kappa shape index (κ1) is 20.8. The fourth-order valence-corrected chi connectivity index (χ4v) is 2.46. The zero-order valence-electron chi connectivity index (χ0n) is 14.9. The molecule has 0 saturated carbocycles. The lowest BCUT2D eigenvalue weighted by Gasteiger charge is -2.30. The molecule has 0 spiro atoms. The Bertz CT molecular complexity index is 517. The smallest absolute Gasteiger partial charge is 0.306 e. The molecule has 1 rings (SSSR count). The summed E-state index contributed by atoms with van der Waals surface area (Å²) in [6.45, 7) is 9.45. The van der Waals surface area contributed by atoms with Crippen LogP contribution in [0.15, 0.2) is 0 Å². The molecule has 1 aromatic rings. The minimum atomic E-state index is -0.885.